The average Bonchev–Trinajstić information content (AvgIpc) is 2.75. The van der Waals surface area contributed by atoms with Gasteiger partial charge in [-0.05, 0) is 18.9 Å². The molecule has 4 atom stereocenters. The van der Waals surface area contributed by atoms with Crippen LogP contribution in [0, 0.1) is 0 Å². The Morgan fingerprint density at radius 2 is 1.64 bits per heavy atom. The van der Waals surface area contributed by atoms with E-state index in [0.717, 1.165) is 12.8 Å². The van der Waals surface area contributed by atoms with Gasteiger partial charge in [-0.2, -0.15) is 0 Å². The number of unbranched alkanes of at least 4 members (excludes halogenated alkanes) is 9. The van der Waals surface area contributed by atoms with Crippen molar-refractivity contribution in [3.63, 3.8) is 0 Å². The number of hydrogen-bond acceptors (Lipinski definition) is 7. The van der Waals surface area contributed by atoms with Gasteiger partial charge in [0.2, 0.25) is 11.7 Å². The van der Waals surface area contributed by atoms with E-state index in [9.17, 15) is 14.7 Å². The Balaban J connectivity index is 2.59. The monoisotopic (exact) mass is 470 g/mol. The zero-order chi connectivity index (χ0) is 24.6. The highest BCUT2D eigenvalue weighted by Crippen LogP contribution is 2.25. The summed E-state index contributed by atoms with van der Waals surface area (Å²) in [6.07, 6.45) is 12.4. The number of carbonyl (C=O) groups excluding carboxylic acids is 1. The van der Waals surface area contributed by atoms with Gasteiger partial charge in [0.15, 0.2) is 0 Å². The lowest BCUT2D eigenvalue weighted by molar-refractivity contribution is -0.143. The van der Waals surface area contributed by atoms with Crippen LogP contribution in [0.1, 0.15) is 91.4 Å². The van der Waals surface area contributed by atoms with Crippen LogP contribution in [0.15, 0.2) is 11.8 Å². The quantitative estimate of drug-likeness (QED) is 0.152. The Labute approximate surface area is 199 Å². The first-order chi connectivity index (χ1) is 15.8. The molecule has 9 nitrogen and oxygen atoms in total. The Morgan fingerprint density at radius 1 is 1.06 bits per heavy atom. The normalized spacial score (nSPS) is 21.4. The third kappa shape index (κ3) is 11.8. The molecule has 4 unspecified atom stereocenters. The number of nitrogens with one attached hydrogen (secondary N) is 2. The fraction of sp³-hybridized carbons (Fsp3) is 0.833. The van der Waals surface area contributed by atoms with Crippen LogP contribution in [-0.4, -0.2) is 54.2 Å². The molecule has 9 heteroatoms. The van der Waals surface area contributed by atoms with Crippen LogP contribution >= 0.6 is 0 Å². The second-order valence-electron chi connectivity index (χ2n) is 8.86. The largest absolute Gasteiger partial charge is 0.478 e. The fourth-order valence-corrected chi connectivity index (χ4v) is 4.21. The van der Waals surface area contributed by atoms with E-state index in [1.807, 2.05) is 6.92 Å². The van der Waals surface area contributed by atoms with E-state index in [-0.39, 0.29) is 17.8 Å². The third-order valence-corrected chi connectivity index (χ3v) is 5.90. The highest BCUT2D eigenvalue weighted by atomic mass is 16.6. The molecule has 0 fully saturated rings. The molecule has 0 saturated heterocycles. The minimum absolute atomic E-state index is 0.208. The first kappa shape index (κ1) is 29.4. The lowest BCUT2D eigenvalue weighted by Crippen LogP contribution is -2.64. The van der Waals surface area contributed by atoms with Gasteiger partial charge in [-0.25, -0.2) is 4.79 Å². The van der Waals surface area contributed by atoms with Crippen LogP contribution in [0.3, 0.4) is 0 Å². The zero-order valence-corrected chi connectivity index (χ0v) is 20.7. The summed E-state index contributed by atoms with van der Waals surface area (Å²) in [6.45, 7) is 6.15. The molecule has 1 rings (SSSR count). The average molecular weight is 471 g/mol. The van der Waals surface area contributed by atoms with Gasteiger partial charge in [0.05, 0.1) is 18.2 Å². The van der Waals surface area contributed by atoms with Gasteiger partial charge in [0.25, 0.3) is 0 Å². The molecule has 0 aromatic rings. The zero-order valence-electron chi connectivity index (χ0n) is 20.7. The Bertz CT molecular complexity index is 599. The molecule has 0 saturated carbocycles. The number of carbonyl (C=O) groups is 2. The third-order valence-electron chi connectivity index (χ3n) is 5.90. The van der Waals surface area contributed by atoms with Crippen LogP contribution in [0.5, 0.6) is 0 Å². The first-order valence-corrected chi connectivity index (χ1v) is 12.6. The molecule has 1 amide bonds. The first-order valence-electron chi connectivity index (χ1n) is 12.6. The van der Waals surface area contributed by atoms with Crippen LogP contribution < -0.4 is 22.1 Å². The van der Waals surface area contributed by atoms with E-state index in [2.05, 4.69) is 17.6 Å². The van der Waals surface area contributed by atoms with E-state index >= 15 is 0 Å². The maximum Gasteiger partial charge on any atom is 0.370 e. The van der Waals surface area contributed by atoms with Crippen molar-refractivity contribution in [3.05, 3.63) is 11.8 Å². The van der Waals surface area contributed by atoms with Gasteiger partial charge < -0.3 is 31.4 Å². The molecule has 1 aliphatic rings. The molecule has 0 aromatic heterocycles. The molecule has 7 N–H and O–H groups in total. The molecule has 192 valence electrons. The van der Waals surface area contributed by atoms with Crippen LogP contribution in [0.4, 0.5) is 0 Å². The lowest BCUT2D eigenvalue weighted by atomic mass is 9.93. The van der Waals surface area contributed by atoms with Gasteiger partial charge in [0, 0.05) is 13.5 Å². The second-order valence-corrected chi connectivity index (χ2v) is 8.86. The lowest BCUT2D eigenvalue weighted by Gasteiger charge is -2.41. The maximum absolute atomic E-state index is 11.8. The number of rotatable bonds is 18. The SMILES string of the molecule is CCCCCCCCCCCCOC(CC)C1OC(C(=O)O)=CC(NC(N)N)C1NC(C)=O. The van der Waals surface area contributed by atoms with Crippen molar-refractivity contribution in [2.45, 2.75) is 122 Å². The summed E-state index contributed by atoms with van der Waals surface area (Å²) in [6, 6.07) is -1.17. The fourth-order valence-electron chi connectivity index (χ4n) is 4.21. The van der Waals surface area contributed by atoms with Crippen molar-refractivity contribution < 1.29 is 24.2 Å². The molecule has 0 aromatic carbocycles. The van der Waals surface area contributed by atoms with Gasteiger partial charge >= 0.3 is 5.97 Å². The highest BCUT2D eigenvalue weighted by molar-refractivity contribution is 5.84. The van der Waals surface area contributed by atoms with Gasteiger partial charge in [-0.1, -0.05) is 71.6 Å². The number of hydrogen-bond donors (Lipinski definition) is 5. The Morgan fingerprint density at radius 3 is 2.12 bits per heavy atom. The Hall–Kier alpha value is -1.68. The minimum Gasteiger partial charge on any atom is -0.478 e. The minimum atomic E-state index is -1.19. The second kappa shape index (κ2) is 16.9. The summed E-state index contributed by atoms with van der Waals surface area (Å²) >= 11 is 0. The number of aliphatic carboxylic acids is 1. The van der Waals surface area contributed by atoms with Gasteiger partial charge in [0.1, 0.15) is 12.4 Å². The van der Waals surface area contributed by atoms with Gasteiger partial charge in [-0.3, -0.25) is 10.1 Å². The molecular weight excluding hydrogens is 424 g/mol. The van der Waals surface area contributed by atoms with Crippen molar-refractivity contribution >= 4 is 11.9 Å². The van der Waals surface area contributed by atoms with E-state index in [4.69, 9.17) is 20.9 Å². The van der Waals surface area contributed by atoms with Crippen molar-refractivity contribution in [1.82, 2.24) is 10.6 Å². The van der Waals surface area contributed by atoms with Crippen molar-refractivity contribution in [3.8, 4) is 0 Å². The molecule has 1 aliphatic heterocycles. The number of ether oxygens (including phenoxy) is 2. The van der Waals surface area contributed by atoms with E-state index in [1.165, 1.54) is 64.4 Å². The summed E-state index contributed by atoms with van der Waals surface area (Å²) in [5.74, 6) is -1.66. The van der Waals surface area contributed by atoms with Crippen molar-refractivity contribution in [1.29, 1.82) is 0 Å². The molecule has 0 bridgehead atoms. The van der Waals surface area contributed by atoms with Crippen LogP contribution in [0.25, 0.3) is 0 Å². The molecule has 0 spiro atoms. The predicted octanol–water partition coefficient (Wildman–Crippen LogP) is 2.73. The van der Waals surface area contributed by atoms with E-state index in [0.29, 0.717) is 13.0 Å². The number of nitrogens with two attached hydrogens (primary N) is 2. The number of amides is 1. The number of carboxylic acids is 1. The van der Waals surface area contributed by atoms with Crippen molar-refractivity contribution in [2.24, 2.45) is 11.5 Å². The summed E-state index contributed by atoms with van der Waals surface area (Å²) in [5.41, 5.74) is 11.4. The molecule has 1 heterocycles. The summed E-state index contributed by atoms with van der Waals surface area (Å²) in [4.78, 5) is 23.5. The van der Waals surface area contributed by atoms with Crippen molar-refractivity contribution in [2.75, 3.05) is 6.61 Å². The standard InChI is InChI=1S/C24H46N4O5/c1-4-6-7-8-9-10-11-12-13-14-15-32-19(5-2)22-21(27-17(3)29)18(28-24(25)26)16-20(33-22)23(30)31/h16,18-19,21-22,24,28H,4-15,25-26H2,1-3H3,(H,27,29)(H,30,31). The number of carboxylic acid groups (broad SMARTS) is 1. The maximum atomic E-state index is 11.8. The summed E-state index contributed by atoms with van der Waals surface area (Å²) in [5, 5.41) is 15.3. The predicted molar refractivity (Wildman–Crippen MR) is 129 cm³/mol. The van der Waals surface area contributed by atoms with Crippen LogP contribution in [0.2, 0.25) is 0 Å². The summed E-state index contributed by atoms with van der Waals surface area (Å²) in [7, 11) is 0. The molecule has 33 heavy (non-hydrogen) atoms. The van der Waals surface area contributed by atoms with E-state index in [1.54, 1.807) is 0 Å². The van der Waals surface area contributed by atoms with Crippen LogP contribution in [-0.2, 0) is 19.1 Å². The van der Waals surface area contributed by atoms with E-state index < -0.39 is 30.4 Å². The Kier molecular flexibility index (Phi) is 15.0. The molecule has 0 aliphatic carbocycles. The van der Waals surface area contributed by atoms with Gasteiger partial charge in [-0.15, -0.1) is 0 Å². The smallest absolute Gasteiger partial charge is 0.370 e. The summed E-state index contributed by atoms with van der Waals surface area (Å²) < 4.78 is 11.9. The highest BCUT2D eigenvalue weighted by Gasteiger charge is 2.42. The molecular formula is C24H46N4O5. The molecule has 0 radical (unpaired) electrons. The topological polar surface area (TPSA) is 149 Å².